The molecule has 1 aliphatic heterocycles. The fourth-order valence-corrected chi connectivity index (χ4v) is 3.25. The van der Waals surface area contributed by atoms with E-state index in [0.29, 0.717) is 6.04 Å². The molecule has 2 rings (SSSR count). The lowest BCUT2D eigenvalue weighted by Gasteiger charge is -2.22. The summed E-state index contributed by atoms with van der Waals surface area (Å²) in [7, 11) is 0. The number of benzene rings is 1. The van der Waals surface area contributed by atoms with Crippen LogP contribution in [-0.4, -0.2) is 23.5 Å². The second-order valence-corrected chi connectivity index (χ2v) is 6.01. The van der Waals surface area contributed by atoms with Crippen LogP contribution in [0.4, 0.5) is 0 Å². The van der Waals surface area contributed by atoms with Gasteiger partial charge in [-0.3, -0.25) is 4.79 Å². The van der Waals surface area contributed by atoms with Gasteiger partial charge in [-0.25, -0.2) is 0 Å². The second-order valence-electron chi connectivity index (χ2n) is 3.87. The normalized spacial score (nSPS) is 17.1. The molecule has 1 aromatic carbocycles. The van der Waals surface area contributed by atoms with Crippen molar-refractivity contribution in [1.82, 2.24) is 5.32 Å². The molecular weight excluding hydrogens is 286 g/mol. The second kappa shape index (κ2) is 5.73. The SMILES string of the molecule is O=C(NC1CCSCC1)c1cccc(Br)c1. The van der Waals surface area contributed by atoms with Gasteiger partial charge in [0.05, 0.1) is 0 Å². The predicted molar refractivity (Wildman–Crippen MR) is 72.0 cm³/mol. The van der Waals surface area contributed by atoms with Gasteiger partial charge in [0, 0.05) is 16.1 Å². The molecule has 86 valence electrons. The van der Waals surface area contributed by atoms with E-state index in [9.17, 15) is 4.79 Å². The average Bonchev–Trinajstić information content (AvgIpc) is 2.30. The Balaban J connectivity index is 1.97. The van der Waals surface area contributed by atoms with Gasteiger partial charge in [0.1, 0.15) is 0 Å². The highest BCUT2D eigenvalue weighted by molar-refractivity contribution is 9.10. The van der Waals surface area contributed by atoms with Gasteiger partial charge in [-0.1, -0.05) is 22.0 Å². The minimum absolute atomic E-state index is 0.0400. The van der Waals surface area contributed by atoms with Gasteiger partial charge in [0.2, 0.25) is 0 Å². The predicted octanol–water partition coefficient (Wildman–Crippen LogP) is 3.07. The maximum Gasteiger partial charge on any atom is 0.251 e. The number of rotatable bonds is 2. The van der Waals surface area contributed by atoms with E-state index >= 15 is 0 Å². The topological polar surface area (TPSA) is 29.1 Å². The number of hydrogen-bond acceptors (Lipinski definition) is 2. The van der Waals surface area contributed by atoms with E-state index in [2.05, 4.69) is 21.2 Å². The molecule has 1 fully saturated rings. The van der Waals surface area contributed by atoms with Crippen molar-refractivity contribution in [3.05, 3.63) is 34.3 Å². The maximum atomic E-state index is 11.9. The van der Waals surface area contributed by atoms with E-state index in [1.165, 1.54) is 0 Å². The van der Waals surface area contributed by atoms with Crippen LogP contribution in [0.25, 0.3) is 0 Å². The first kappa shape index (κ1) is 12.0. The molecule has 2 nitrogen and oxygen atoms in total. The van der Waals surface area contributed by atoms with Crippen LogP contribution in [0.2, 0.25) is 0 Å². The standard InChI is InChI=1S/C12H14BrNOS/c13-10-3-1-2-9(8-10)12(15)14-11-4-6-16-7-5-11/h1-3,8,11H,4-7H2,(H,14,15). The van der Waals surface area contributed by atoms with Crippen molar-refractivity contribution in [2.75, 3.05) is 11.5 Å². The van der Waals surface area contributed by atoms with E-state index in [1.54, 1.807) is 0 Å². The summed E-state index contributed by atoms with van der Waals surface area (Å²) in [6.07, 6.45) is 2.18. The zero-order valence-corrected chi connectivity index (χ0v) is 11.3. The van der Waals surface area contributed by atoms with Crippen LogP contribution < -0.4 is 5.32 Å². The summed E-state index contributed by atoms with van der Waals surface area (Å²) in [6, 6.07) is 7.86. The summed E-state index contributed by atoms with van der Waals surface area (Å²) < 4.78 is 0.944. The zero-order valence-electron chi connectivity index (χ0n) is 8.91. The Morgan fingerprint density at radius 1 is 1.38 bits per heavy atom. The first-order valence-electron chi connectivity index (χ1n) is 5.40. The fourth-order valence-electron chi connectivity index (χ4n) is 1.74. The highest BCUT2D eigenvalue weighted by Crippen LogP contribution is 2.18. The van der Waals surface area contributed by atoms with Crippen LogP contribution >= 0.6 is 27.7 Å². The van der Waals surface area contributed by atoms with E-state index in [0.717, 1.165) is 34.4 Å². The van der Waals surface area contributed by atoms with Crippen molar-refractivity contribution in [1.29, 1.82) is 0 Å². The zero-order chi connectivity index (χ0) is 11.4. The molecule has 0 atom stereocenters. The van der Waals surface area contributed by atoms with Crippen molar-refractivity contribution in [3.63, 3.8) is 0 Å². The lowest BCUT2D eigenvalue weighted by atomic mass is 10.1. The quantitative estimate of drug-likeness (QED) is 0.909. The summed E-state index contributed by atoms with van der Waals surface area (Å²) >= 11 is 5.34. The third-order valence-corrected chi connectivity index (χ3v) is 4.19. The number of hydrogen-bond donors (Lipinski definition) is 1. The van der Waals surface area contributed by atoms with Crippen LogP contribution in [0.3, 0.4) is 0 Å². The van der Waals surface area contributed by atoms with Gasteiger partial charge >= 0.3 is 0 Å². The van der Waals surface area contributed by atoms with Crippen molar-refractivity contribution in [3.8, 4) is 0 Å². The van der Waals surface area contributed by atoms with Gasteiger partial charge < -0.3 is 5.32 Å². The van der Waals surface area contributed by atoms with Crippen LogP contribution in [0.1, 0.15) is 23.2 Å². The number of nitrogens with one attached hydrogen (secondary N) is 1. The van der Waals surface area contributed by atoms with Crippen LogP contribution in [0.5, 0.6) is 0 Å². The third-order valence-electron chi connectivity index (χ3n) is 2.64. The van der Waals surface area contributed by atoms with Gasteiger partial charge in [-0.15, -0.1) is 0 Å². The molecular formula is C12H14BrNOS. The molecule has 0 aromatic heterocycles. The summed E-state index contributed by atoms with van der Waals surface area (Å²) in [5, 5.41) is 3.09. The Hall–Kier alpha value is -0.480. The van der Waals surface area contributed by atoms with Gasteiger partial charge in [-0.2, -0.15) is 11.8 Å². The molecule has 0 unspecified atom stereocenters. The molecule has 1 amide bonds. The molecule has 4 heteroatoms. The summed E-state index contributed by atoms with van der Waals surface area (Å²) in [4.78, 5) is 11.9. The highest BCUT2D eigenvalue weighted by Gasteiger charge is 2.16. The average molecular weight is 300 g/mol. The first-order chi connectivity index (χ1) is 7.75. The number of amides is 1. The minimum atomic E-state index is 0.0400. The van der Waals surface area contributed by atoms with Gasteiger partial charge in [0.25, 0.3) is 5.91 Å². The number of carbonyl (C=O) groups is 1. The molecule has 16 heavy (non-hydrogen) atoms. The molecule has 1 aromatic rings. The van der Waals surface area contributed by atoms with Crippen molar-refractivity contribution in [2.45, 2.75) is 18.9 Å². The van der Waals surface area contributed by atoms with Crippen LogP contribution in [-0.2, 0) is 0 Å². The molecule has 0 aliphatic carbocycles. The Kier molecular flexibility index (Phi) is 4.29. The van der Waals surface area contributed by atoms with E-state index in [4.69, 9.17) is 0 Å². The molecule has 0 saturated carbocycles. The smallest absolute Gasteiger partial charge is 0.251 e. The number of halogens is 1. The minimum Gasteiger partial charge on any atom is -0.349 e. The molecule has 1 saturated heterocycles. The summed E-state index contributed by atoms with van der Waals surface area (Å²) in [5.74, 6) is 2.35. The van der Waals surface area contributed by atoms with Crippen molar-refractivity contribution < 1.29 is 4.79 Å². The fraction of sp³-hybridized carbons (Fsp3) is 0.417. The van der Waals surface area contributed by atoms with Crippen LogP contribution in [0, 0.1) is 0 Å². The van der Waals surface area contributed by atoms with Gasteiger partial charge in [0.15, 0.2) is 0 Å². The first-order valence-corrected chi connectivity index (χ1v) is 7.34. The molecule has 0 radical (unpaired) electrons. The third kappa shape index (κ3) is 3.25. The Morgan fingerprint density at radius 3 is 2.81 bits per heavy atom. The lowest BCUT2D eigenvalue weighted by Crippen LogP contribution is -2.37. The van der Waals surface area contributed by atoms with E-state index < -0.39 is 0 Å². The summed E-state index contributed by atoms with van der Waals surface area (Å²) in [5.41, 5.74) is 0.729. The molecule has 1 heterocycles. The Bertz CT molecular complexity index is 377. The molecule has 0 bridgehead atoms. The van der Waals surface area contributed by atoms with Gasteiger partial charge in [-0.05, 0) is 42.5 Å². The lowest BCUT2D eigenvalue weighted by molar-refractivity contribution is 0.0935. The largest absolute Gasteiger partial charge is 0.349 e. The Morgan fingerprint density at radius 2 is 2.12 bits per heavy atom. The van der Waals surface area contributed by atoms with Crippen molar-refractivity contribution in [2.24, 2.45) is 0 Å². The molecule has 1 N–H and O–H groups in total. The number of thioether (sulfide) groups is 1. The maximum absolute atomic E-state index is 11.9. The number of carbonyl (C=O) groups excluding carboxylic acids is 1. The monoisotopic (exact) mass is 299 g/mol. The molecule has 0 spiro atoms. The van der Waals surface area contributed by atoms with E-state index in [1.807, 2.05) is 36.0 Å². The summed E-state index contributed by atoms with van der Waals surface area (Å²) in [6.45, 7) is 0. The van der Waals surface area contributed by atoms with Crippen molar-refractivity contribution >= 4 is 33.6 Å². The van der Waals surface area contributed by atoms with Crippen LogP contribution in [0.15, 0.2) is 28.7 Å². The molecule has 1 aliphatic rings. The Labute approximate surface area is 108 Å². The highest BCUT2D eigenvalue weighted by atomic mass is 79.9. The van der Waals surface area contributed by atoms with E-state index in [-0.39, 0.29) is 5.91 Å².